The fourth-order valence-electron chi connectivity index (χ4n) is 3.51. The number of nitrogens with two attached hydrogens (primary N) is 1. The van der Waals surface area contributed by atoms with Crippen molar-refractivity contribution in [2.75, 3.05) is 13.1 Å². The zero-order valence-electron chi connectivity index (χ0n) is 13.3. The van der Waals surface area contributed by atoms with Gasteiger partial charge in [-0.05, 0) is 42.9 Å². The van der Waals surface area contributed by atoms with Crippen LogP contribution < -0.4 is 5.73 Å². The number of aryl methyl sites for hydroxylation is 1. The average molecular weight is 274 g/mol. The van der Waals surface area contributed by atoms with E-state index in [0.29, 0.717) is 12.0 Å². The molecule has 2 rings (SSSR count). The summed E-state index contributed by atoms with van der Waals surface area (Å²) in [5.41, 5.74) is 9.48. The van der Waals surface area contributed by atoms with Crippen LogP contribution in [0.2, 0.25) is 0 Å². The molecule has 1 aliphatic rings. The van der Waals surface area contributed by atoms with E-state index < -0.39 is 0 Å². The Morgan fingerprint density at radius 1 is 1.25 bits per heavy atom. The Morgan fingerprint density at radius 3 is 2.70 bits per heavy atom. The molecule has 0 saturated carbocycles. The average Bonchev–Trinajstić information content (AvgIpc) is 2.60. The molecule has 0 bridgehead atoms. The number of benzene rings is 1. The van der Waals surface area contributed by atoms with Crippen molar-refractivity contribution < 1.29 is 0 Å². The van der Waals surface area contributed by atoms with Crippen LogP contribution in [0, 0.1) is 5.92 Å². The molecule has 2 atom stereocenters. The Kier molecular flexibility index (Phi) is 5.62. The maximum absolute atomic E-state index is 6.56. The molecule has 1 aliphatic heterocycles. The quantitative estimate of drug-likeness (QED) is 0.906. The van der Waals surface area contributed by atoms with E-state index in [0.717, 1.165) is 19.4 Å². The lowest BCUT2D eigenvalue weighted by atomic mass is 9.91. The summed E-state index contributed by atoms with van der Waals surface area (Å²) in [4.78, 5) is 2.64. The molecule has 1 saturated heterocycles. The van der Waals surface area contributed by atoms with Crippen LogP contribution in [-0.4, -0.2) is 24.0 Å². The number of nitrogens with zero attached hydrogens (tertiary/aromatic N) is 1. The van der Waals surface area contributed by atoms with E-state index in [1.165, 1.54) is 30.5 Å². The predicted octanol–water partition coefficient (Wildman–Crippen LogP) is 3.76. The van der Waals surface area contributed by atoms with Gasteiger partial charge in [0.05, 0.1) is 6.04 Å². The minimum Gasteiger partial charge on any atom is -0.326 e. The second-order valence-corrected chi connectivity index (χ2v) is 6.55. The molecule has 0 radical (unpaired) electrons. The zero-order valence-corrected chi connectivity index (χ0v) is 13.3. The Hall–Kier alpha value is -0.860. The van der Waals surface area contributed by atoms with E-state index in [1.54, 1.807) is 0 Å². The maximum Gasteiger partial charge on any atom is 0.0501 e. The van der Waals surface area contributed by atoms with Crippen molar-refractivity contribution in [1.29, 1.82) is 0 Å². The first kappa shape index (κ1) is 15.5. The molecular formula is C18H30N2. The van der Waals surface area contributed by atoms with Gasteiger partial charge in [-0.15, -0.1) is 0 Å². The Labute approximate surface area is 124 Å². The van der Waals surface area contributed by atoms with Crippen molar-refractivity contribution in [3.63, 3.8) is 0 Å². The van der Waals surface area contributed by atoms with Crippen molar-refractivity contribution in [2.24, 2.45) is 11.7 Å². The highest BCUT2D eigenvalue weighted by atomic mass is 15.2. The summed E-state index contributed by atoms with van der Waals surface area (Å²) in [7, 11) is 0. The molecule has 2 nitrogen and oxygen atoms in total. The summed E-state index contributed by atoms with van der Waals surface area (Å²) in [6.07, 6.45) is 4.79. The molecule has 2 heteroatoms. The highest BCUT2D eigenvalue weighted by molar-refractivity contribution is 5.31. The second-order valence-electron chi connectivity index (χ2n) is 6.55. The van der Waals surface area contributed by atoms with Gasteiger partial charge >= 0.3 is 0 Å². The Balaban J connectivity index is 2.34. The molecule has 1 aromatic rings. The smallest absolute Gasteiger partial charge is 0.0501 e. The van der Waals surface area contributed by atoms with E-state index >= 15 is 0 Å². The summed E-state index contributed by atoms with van der Waals surface area (Å²) in [6.45, 7) is 9.19. The summed E-state index contributed by atoms with van der Waals surface area (Å²) in [6, 6.07) is 9.54. The highest BCUT2D eigenvalue weighted by Gasteiger charge is 2.30. The second kappa shape index (κ2) is 7.24. The van der Waals surface area contributed by atoms with Crippen LogP contribution in [0.3, 0.4) is 0 Å². The SMILES string of the molecule is CCc1ccccc1C1C(N)CCCCN1CC(C)C. The van der Waals surface area contributed by atoms with Crippen LogP contribution in [0.25, 0.3) is 0 Å². The molecule has 1 aromatic carbocycles. The van der Waals surface area contributed by atoms with Gasteiger partial charge in [0.15, 0.2) is 0 Å². The van der Waals surface area contributed by atoms with Crippen LogP contribution in [0.15, 0.2) is 24.3 Å². The number of hydrogen-bond donors (Lipinski definition) is 1. The van der Waals surface area contributed by atoms with Gasteiger partial charge in [-0.3, -0.25) is 4.90 Å². The topological polar surface area (TPSA) is 29.3 Å². The number of rotatable bonds is 4. The van der Waals surface area contributed by atoms with Gasteiger partial charge in [-0.25, -0.2) is 0 Å². The lowest BCUT2D eigenvalue weighted by molar-refractivity contribution is 0.165. The number of likely N-dealkylation sites (tertiary alicyclic amines) is 1. The molecule has 1 fully saturated rings. The van der Waals surface area contributed by atoms with Crippen molar-refractivity contribution >= 4 is 0 Å². The lowest BCUT2D eigenvalue weighted by Crippen LogP contribution is -2.41. The molecule has 2 unspecified atom stereocenters. The first-order valence-corrected chi connectivity index (χ1v) is 8.21. The monoisotopic (exact) mass is 274 g/mol. The summed E-state index contributed by atoms with van der Waals surface area (Å²) in [5.74, 6) is 0.691. The van der Waals surface area contributed by atoms with E-state index in [1.807, 2.05) is 0 Å². The fraction of sp³-hybridized carbons (Fsp3) is 0.667. The van der Waals surface area contributed by atoms with E-state index in [4.69, 9.17) is 5.73 Å². The van der Waals surface area contributed by atoms with Crippen LogP contribution >= 0.6 is 0 Å². The van der Waals surface area contributed by atoms with Gasteiger partial charge in [0.1, 0.15) is 0 Å². The summed E-state index contributed by atoms with van der Waals surface area (Å²) >= 11 is 0. The van der Waals surface area contributed by atoms with Gasteiger partial charge in [-0.1, -0.05) is 51.5 Å². The highest BCUT2D eigenvalue weighted by Crippen LogP contribution is 2.32. The van der Waals surface area contributed by atoms with Gasteiger partial charge in [0.2, 0.25) is 0 Å². The lowest BCUT2D eigenvalue weighted by Gasteiger charge is -2.36. The molecular weight excluding hydrogens is 244 g/mol. The summed E-state index contributed by atoms with van der Waals surface area (Å²) in [5, 5.41) is 0. The third-order valence-electron chi connectivity index (χ3n) is 4.39. The van der Waals surface area contributed by atoms with Crippen molar-refractivity contribution in [3.8, 4) is 0 Å². The minimum atomic E-state index is 0.268. The molecule has 0 spiro atoms. The third-order valence-corrected chi connectivity index (χ3v) is 4.39. The summed E-state index contributed by atoms with van der Waals surface area (Å²) < 4.78 is 0. The molecule has 0 aliphatic carbocycles. The molecule has 112 valence electrons. The molecule has 1 heterocycles. The molecule has 0 amide bonds. The van der Waals surface area contributed by atoms with Crippen molar-refractivity contribution in [1.82, 2.24) is 4.90 Å². The number of hydrogen-bond acceptors (Lipinski definition) is 2. The van der Waals surface area contributed by atoms with Crippen molar-refractivity contribution in [3.05, 3.63) is 35.4 Å². The Bertz CT molecular complexity index is 414. The normalized spacial score (nSPS) is 24.9. The van der Waals surface area contributed by atoms with Crippen LogP contribution in [0.4, 0.5) is 0 Å². The maximum atomic E-state index is 6.56. The first-order chi connectivity index (χ1) is 9.63. The fourth-order valence-corrected chi connectivity index (χ4v) is 3.51. The zero-order chi connectivity index (χ0) is 14.5. The van der Waals surface area contributed by atoms with E-state index in [-0.39, 0.29) is 6.04 Å². The van der Waals surface area contributed by atoms with Crippen LogP contribution in [-0.2, 0) is 6.42 Å². The standard InChI is InChI=1S/C18H30N2/c1-4-15-9-5-6-10-16(15)18-17(19)11-7-8-12-20(18)13-14(2)3/h5-6,9-10,14,17-18H,4,7-8,11-13,19H2,1-3H3. The predicted molar refractivity (Wildman–Crippen MR) is 86.8 cm³/mol. The molecule has 20 heavy (non-hydrogen) atoms. The van der Waals surface area contributed by atoms with Crippen molar-refractivity contribution in [2.45, 2.75) is 58.5 Å². The van der Waals surface area contributed by atoms with Crippen LogP contribution in [0.5, 0.6) is 0 Å². The minimum absolute atomic E-state index is 0.268. The van der Waals surface area contributed by atoms with Gasteiger partial charge in [0.25, 0.3) is 0 Å². The van der Waals surface area contributed by atoms with Crippen LogP contribution in [0.1, 0.15) is 57.2 Å². The van der Waals surface area contributed by atoms with E-state index in [2.05, 4.69) is 49.9 Å². The van der Waals surface area contributed by atoms with Gasteiger partial charge < -0.3 is 5.73 Å². The third kappa shape index (κ3) is 3.62. The Morgan fingerprint density at radius 2 is 2.00 bits per heavy atom. The van der Waals surface area contributed by atoms with E-state index in [9.17, 15) is 0 Å². The van der Waals surface area contributed by atoms with Gasteiger partial charge in [-0.2, -0.15) is 0 Å². The molecule has 0 aromatic heterocycles. The largest absolute Gasteiger partial charge is 0.326 e. The molecule has 2 N–H and O–H groups in total. The first-order valence-electron chi connectivity index (χ1n) is 8.21. The van der Waals surface area contributed by atoms with Gasteiger partial charge in [0, 0.05) is 12.6 Å².